The van der Waals surface area contributed by atoms with E-state index in [2.05, 4.69) is 40.8 Å². The van der Waals surface area contributed by atoms with Gasteiger partial charge in [-0.2, -0.15) is 0 Å². The molecule has 2 heterocycles. The number of piperazine rings is 1. The molecule has 0 amide bonds. The molecule has 1 unspecified atom stereocenters. The van der Waals surface area contributed by atoms with Gasteiger partial charge in [0, 0.05) is 45.2 Å². The van der Waals surface area contributed by atoms with Crippen LogP contribution in [0, 0.1) is 5.92 Å². The molecule has 0 aromatic carbocycles. The van der Waals surface area contributed by atoms with Gasteiger partial charge in [0.1, 0.15) is 5.01 Å². The number of aromatic nitrogens is 2. The number of nitrogens with zero attached hydrogens (tertiary/aromatic N) is 4. The maximum atomic E-state index is 9.33. The van der Waals surface area contributed by atoms with Crippen molar-refractivity contribution in [3.63, 3.8) is 0 Å². The molecule has 1 aromatic heterocycles. The van der Waals surface area contributed by atoms with Crippen LogP contribution in [0.1, 0.15) is 38.6 Å². The summed E-state index contributed by atoms with van der Waals surface area (Å²) < 4.78 is 0. The summed E-state index contributed by atoms with van der Waals surface area (Å²) in [4.78, 5) is 4.86. The number of rotatable bonds is 7. The molecule has 6 heteroatoms. The zero-order chi connectivity index (χ0) is 15.2. The number of aliphatic hydroxyl groups excluding tert-OH is 1. The second kappa shape index (κ2) is 8.06. The third-order valence-electron chi connectivity index (χ3n) is 3.86. The fourth-order valence-corrected chi connectivity index (χ4v) is 3.86. The summed E-state index contributed by atoms with van der Waals surface area (Å²) >= 11 is 1.72. The normalized spacial score (nSPS) is 20.4. The van der Waals surface area contributed by atoms with E-state index >= 15 is 0 Å². The highest BCUT2D eigenvalue weighted by atomic mass is 32.1. The Labute approximate surface area is 132 Å². The van der Waals surface area contributed by atoms with E-state index in [1.54, 1.807) is 11.3 Å². The van der Waals surface area contributed by atoms with Gasteiger partial charge in [-0.05, 0) is 18.8 Å². The van der Waals surface area contributed by atoms with Crippen molar-refractivity contribution in [2.45, 2.75) is 46.1 Å². The lowest BCUT2D eigenvalue weighted by molar-refractivity contribution is 0.129. The quantitative estimate of drug-likeness (QED) is 0.835. The van der Waals surface area contributed by atoms with Gasteiger partial charge in [-0.1, -0.05) is 32.1 Å². The first-order valence-electron chi connectivity index (χ1n) is 8.06. The van der Waals surface area contributed by atoms with Crippen molar-refractivity contribution >= 4 is 16.5 Å². The molecular formula is C15H28N4OS. The molecule has 0 aliphatic carbocycles. The largest absolute Gasteiger partial charge is 0.396 e. The van der Waals surface area contributed by atoms with Gasteiger partial charge in [0.15, 0.2) is 0 Å². The monoisotopic (exact) mass is 312 g/mol. The number of aryl methyl sites for hydroxylation is 1. The minimum Gasteiger partial charge on any atom is -0.396 e. The fraction of sp³-hybridized carbons (Fsp3) is 0.867. The van der Waals surface area contributed by atoms with Gasteiger partial charge in [0.05, 0.1) is 0 Å². The molecule has 1 aliphatic rings. The van der Waals surface area contributed by atoms with Crippen molar-refractivity contribution in [1.29, 1.82) is 0 Å². The Morgan fingerprint density at radius 3 is 2.81 bits per heavy atom. The Hall–Kier alpha value is -0.720. The zero-order valence-electron chi connectivity index (χ0n) is 13.5. The standard InChI is InChI=1S/C15H28N4OS/c1-4-5-14-16-17-15(21-14)19-8-7-18(10-12(2)3)13(11-19)6-9-20/h12-13,20H,4-11H2,1-3H3. The molecular weight excluding hydrogens is 284 g/mol. The van der Waals surface area contributed by atoms with Crippen molar-refractivity contribution in [3.05, 3.63) is 5.01 Å². The summed E-state index contributed by atoms with van der Waals surface area (Å²) in [5, 5.41) is 20.1. The Morgan fingerprint density at radius 2 is 2.14 bits per heavy atom. The molecule has 1 saturated heterocycles. The summed E-state index contributed by atoms with van der Waals surface area (Å²) in [6.07, 6.45) is 2.97. The van der Waals surface area contributed by atoms with Crippen LogP contribution in [0.5, 0.6) is 0 Å². The first-order valence-corrected chi connectivity index (χ1v) is 8.88. The first-order chi connectivity index (χ1) is 10.1. The lowest BCUT2D eigenvalue weighted by Crippen LogP contribution is -2.54. The van der Waals surface area contributed by atoms with Crippen LogP contribution in [0.3, 0.4) is 0 Å². The van der Waals surface area contributed by atoms with Gasteiger partial charge in [0.25, 0.3) is 0 Å². The molecule has 1 aromatic rings. The van der Waals surface area contributed by atoms with Crippen LogP contribution in [-0.4, -0.2) is 59.0 Å². The molecule has 1 atom stereocenters. The Kier molecular flexibility index (Phi) is 6.39. The van der Waals surface area contributed by atoms with Gasteiger partial charge >= 0.3 is 0 Å². The van der Waals surface area contributed by atoms with E-state index in [9.17, 15) is 5.11 Å². The van der Waals surface area contributed by atoms with Crippen LogP contribution >= 0.6 is 11.3 Å². The molecule has 0 saturated carbocycles. The maximum Gasteiger partial charge on any atom is 0.208 e. The fourth-order valence-electron chi connectivity index (χ4n) is 2.89. The van der Waals surface area contributed by atoms with Gasteiger partial charge in [-0.15, -0.1) is 10.2 Å². The van der Waals surface area contributed by atoms with Crippen molar-refractivity contribution in [3.8, 4) is 0 Å². The van der Waals surface area contributed by atoms with Crippen LogP contribution in [0.15, 0.2) is 0 Å². The molecule has 1 N–H and O–H groups in total. The van der Waals surface area contributed by atoms with Crippen molar-refractivity contribution in [1.82, 2.24) is 15.1 Å². The van der Waals surface area contributed by atoms with E-state index in [1.165, 1.54) is 0 Å². The van der Waals surface area contributed by atoms with Crippen LogP contribution in [0.4, 0.5) is 5.13 Å². The minimum atomic E-state index is 0.254. The van der Waals surface area contributed by atoms with Crippen LogP contribution in [0.2, 0.25) is 0 Å². The zero-order valence-corrected chi connectivity index (χ0v) is 14.3. The minimum absolute atomic E-state index is 0.254. The van der Waals surface area contributed by atoms with Gasteiger partial charge in [-0.25, -0.2) is 0 Å². The Morgan fingerprint density at radius 1 is 1.33 bits per heavy atom. The SMILES string of the molecule is CCCc1nnc(N2CCN(CC(C)C)C(CCO)C2)s1. The summed E-state index contributed by atoms with van der Waals surface area (Å²) in [6, 6.07) is 0.421. The van der Waals surface area contributed by atoms with E-state index in [1.807, 2.05) is 0 Å². The van der Waals surface area contributed by atoms with Gasteiger partial charge in [0.2, 0.25) is 5.13 Å². The number of aliphatic hydroxyl groups is 1. The van der Waals surface area contributed by atoms with E-state index in [4.69, 9.17) is 0 Å². The van der Waals surface area contributed by atoms with E-state index in [0.29, 0.717) is 12.0 Å². The van der Waals surface area contributed by atoms with Crippen LogP contribution in [0.25, 0.3) is 0 Å². The highest BCUT2D eigenvalue weighted by Gasteiger charge is 2.28. The Balaban J connectivity index is 1.99. The van der Waals surface area contributed by atoms with Crippen LogP contribution < -0.4 is 4.90 Å². The second-order valence-corrected chi connectivity index (χ2v) is 7.27. The first kappa shape index (κ1) is 16.6. The maximum absolute atomic E-state index is 9.33. The van der Waals surface area contributed by atoms with E-state index in [0.717, 1.165) is 55.6 Å². The van der Waals surface area contributed by atoms with E-state index in [-0.39, 0.29) is 6.61 Å². The molecule has 120 valence electrons. The van der Waals surface area contributed by atoms with E-state index < -0.39 is 0 Å². The molecule has 0 spiro atoms. The molecule has 21 heavy (non-hydrogen) atoms. The number of hydrogen-bond donors (Lipinski definition) is 1. The van der Waals surface area contributed by atoms with Crippen molar-refractivity contribution in [2.75, 3.05) is 37.7 Å². The summed E-state index contributed by atoms with van der Waals surface area (Å²) in [7, 11) is 0. The van der Waals surface area contributed by atoms with Crippen molar-refractivity contribution < 1.29 is 5.11 Å². The van der Waals surface area contributed by atoms with Crippen molar-refractivity contribution in [2.24, 2.45) is 5.92 Å². The van der Waals surface area contributed by atoms with Gasteiger partial charge < -0.3 is 10.0 Å². The molecule has 0 radical (unpaired) electrons. The third kappa shape index (κ3) is 4.63. The smallest absolute Gasteiger partial charge is 0.208 e. The summed E-state index contributed by atoms with van der Waals surface area (Å²) in [5.74, 6) is 0.662. The number of hydrogen-bond acceptors (Lipinski definition) is 6. The summed E-state index contributed by atoms with van der Waals surface area (Å²) in [5.41, 5.74) is 0. The molecule has 1 fully saturated rings. The van der Waals surface area contributed by atoms with Crippen LogP contribution in [-0.2, 0) is 6.42 Å². The highest BCUT2D eigenvalue weighted by Crippen LogP contribution is 2.25. The topological polar surface area (TPSA) is 52.5 Å². The molecule has 5 nitrogen and oxygen atoms in total. The third-order valence-corrected chi connectivity index (χ3v) is 4.90. The average Bonchev–Trinajstić information content (AvgIpc) is 2.89. The predicted octanol–water partition coefficient (Wildman–Crippen LogP) is 2.02. The summed E-state index contributed by atoms with van der Waals surface area (Å²) in [6.45, 7) is 11.0. The number of anilines is 1. The average molecular weight is 312 g/mol. The second-order valence-electron chi connectivity index (χ2n) is 6.23. The van der Waals surface area contributed by atoms with Gasteiger partial charge in [-0.3, -0.25) is 4.90 Å². The molecule has 0 bridgehead atoms. The lowest BCUT2D eigenvalue weighted by Gasteiger charge is -2.41. The molecule has 1 aliphatic heterocycles. The molecule has 2 rings (SSSR count). The highest BCUT2D eigenvalue weighted by molar-refractivity contribution is 7.15. The predicted molar refractivity (Wildman–Crippen MR) is 88.0 cm³/mol. The Bertz CT molecular complexity index is 424. The lowest BCUT2D eigenvalue weighted by atomic mass is 10.1.